The molecule has 0 heterocycles. The van der Waals surface area contributed by atoms with E-state index in [9.17, 15) is 0 Å². The molecule has 0 spiro atoms. The second kappa shape index (κ2) is 6.35. The van der Waals surface area contributed by atoms with Crippen molar-refractivity contribution in [2.24, 2.45) is 5.41 Å². The van der Waals surface area contributed by atoms with Crippen LogP contribution in [0, 0.1) is 5.41 Å². The highest BCUT2D eigenvalue weighted by Gasteiger charge is 2.25. The molecule has 0 atom stereocenters. The van der Waals surface area contributed by atoms with Crippen LogP contribution >= 0.6 is 0 Å². The van der Waals surface area contributed by atoms with Gasteiger partial charge in [0.15, 0.2) is 0 Å². The largest absolute Gasteiger partial charge is 0.496 e. The van der Waals surface area contributed by atoms with Crippen molar-refractivity contribution in [3.8, 4) is 17.2 Å². The minimum absolute atomic E-state index is 0.0961. The fraction of sp³-hybridized carbons (Fsp3) is 0.625. The van der Waals surface area contributed by atoms with E-state index in [1.54, 1.807) is 14.2 Å². The van der Waals surface area contributed by atoms with Crippen LogP contribution in [-0.4, -0.2) is 33.4 Å². The van der Waals surface area contributed by atoms with Crippen LogP contribution in [0.2, 0.25) is 0 Å². The number of hydrogen-bond donors (Lipinski definition) is 1. The maximum absolute atomic E-state index is 5.91. The Kier molecular flexibility index (Phi) is 4.76. The van der Waals surface area contributed by atoms with Crippen LogP contribution in [0.4, 0.5) is 0 Å². The smallest absolute Gasteiger partial charge is 0.126 e. The molecule has 0 unspecified atom stereocenters. The summed E-state index contributed by atoms with van der Waals surface area (Å²) in [4.78, 5) is 0. The van der Waals surface area contributed by atoms with Crippen LogP contribution in [0.5, 0.6) is 17.2 Å². The lowest BCUT2D eigenvalue weighted by atomic mass is 9.95. The van der Waals surface area contributed by atoms with Crippen molar-refractivity contribution in [3.05, 3.63) is 18.2 Å². The fourth-order valence-corrected chi connectivity index (χ4v) is 1.90. The van der Waals surface area contributed by atoms with Gasteiger partial charge in [-0.1, -0.05) is 13.8 Å². The summed E-state index contributed by atoms with van der Waals surface area (Å²) < 4.78 is 16.4. The Morgan fingerprint density at radius 2 is 1.60 bits per heavy atom. The van der Waals surface area contributed by atoms with Gasteiger partial charge in [0.25, 0.3) is 0 Å². The molecule has 0 amide bonds. The lowest BCUT2D eigenvalue weighted by Crippen LogP contribution is -2.35. The topological polar surface area (TPSA) is 39.7 Å². The third kappa shape index (κ3) is 4.60. The molecule has 1 aliphatic rings. The zero-order chi connectivity index (χ0) is 14.6. The van der Waals surface area contributed by atoms with Crippen LogP contribution < -0.4 is 19.5 Å². The molecule has 1 aliphatic carbocycles. The van der Waals surface area contributed by atoms with E-state index in [4.69, 9.17) is 14.2 Å². The average Bonchev–Trinajstić information content (AvgIpc) is 3.27. The van der Waals surface area contributed by atoms with E-state index in [-0.39, 0.29) is 5.41 Å². The first-order valence-corrected chi connectivity index (χ1v) is 7.12. The molecule has 20 heavy (non-hydrogen) atoms. The first-order chi connectivity index (χ1) is 9.52. The standard InChI is InChI=1S/C16H25NO3/c1-16(2,10-17-12-5-6-12)11-20-15-8-13(18-3)7-14(9-15)19-4/h7-9,12,17H,5-6,10-11H2,1-4H3. The number of benzene rings is 1. The molecule has 0 saturated heterocycles. The molecule has 4 heteroatoms. The van der Waals surface area contributed by atoms with Gasteiger partial charge in [-0.2, -0.15) is 0 Å². The molecule has 0 aromatic heterocycles. The first kappa shape index (κ1) is 15.0. The SMILES string of the molecule is COc1cc(OC)cc(OCC(C)(C)CNC2CC2)c1. The highest BCUT2D eigenvalue weighted by atomic mass is 16.5. The number of methoxy groups -OCH3 is 2. The molecule has 112 valence electrons. The first-order valence-electron chi connectivity index (χ1n) is 7.12. The van der Waals surface area contributed by atoms with Gasteiger partial charge in [-0.25, -0.2) is 0 Å². The van der Waals surface area contributed by atoms with E-state index in [2.05, 4.69) is 19.2 Å². The minimum Gasteiger partial charge on any atom is -0.496 e. The van der Waals surface area contributed by atoms with Gasteiger partial charge in [0, 0.05) is 36.2 Å². The lowest BCUT2D eigenvalue weighted by Gasteiger charge is -2.25. The molecule has 0 radical (unpaired) electrons. The summed E-state index contributed by atoms with van der Waals surface area (Å²) in [6.07, 6.45) is 2.62. The highest BCUT2D eigenvalue weighted by molar-refractivity contribution is 5.42. The van der Waals surface area contributed by atoms with Crippen molar-refractivity contribution in [1.29, 1.82) is 0 Å². The van der Waals surface area contributed by atoms with Gasteiger partial charge in [0.05, 0.1) is 20.8 Å². The zero-order valence-corrected chi connectivity index (χ0v) is 12.9. The molecule has 1 aromatic carbocycles. The van der Waals surface area contributed by atoms with Gasteiger partial charge in [-0.05, 0) is 12.8 Å². The molecule has 2 rings (SSSR count). The number of nitrogens with one attached hydrogen (secondary N) is 1. The lowest BCUT2D eigenvalue weighted by molar-refractivity contribution is 0.175. The Hall–Kier alpha value is -1.42. The van der Waals surface area contributed by atoms with Gasteiger partial charge in [-0.3, -0.25) is 0 Å². The van der Waals surface area contributed by atoms with Crippen molar-refractivity contribution >= 4 is 0 Å². The van der Waals surface area contributed by atoms with E-state index in [1.807, 2.05) is 18.2 Å². The third-order valence-electron chi connectivity index (χ3n) is 3.40. The number of rotatable bonds is 8. The Bertz CT molecular complexity index is 419. The zero-order valence-electron chi connectivity index (χ0n) is 12.9. The molecule has 4 nitrogen and oxygen atoms in total. The van der Waals surface area contributed by atoms with Crippen molar-refractivity contribution in [3.63, 3.8) is 0 Å². The van der Waals surface area contributed by atoms with Gasteiger partial charge >= 0.3 is 0 Å². The van der Waals surface area contributed by atoms with E-state index in [1.165, 1.54) is 12.8 Å². The quantitative estimate of drug-likeness (QED) is 0.794. The van der Waals surface area contributed by atoms with Crippen molar-refractivity contribution < 1.29 is 14.2 Å². The van der Waals surface area contributed by atoms with Crippen LogP contribution in [0.25, 0.3) is 0 Å². The van der Waals surface area contributed by atoms with E-state index < -0.39 is 0 Å². The highest BCUT2D eigenvalue weighted by Crippen LogP contribution is 2.29. The Morgan fingerprint density at radius 1 is 1.05 bits per heavy atom. The molecular formula is C16H25NO3. The van der Waals surface area contributed by atoms with Gasteiger partial charge in [0.2, 0.25) is 0 Å². The minimum atomic E-state index is 0.0961. The fourth-order valence-electron chi connectivity index (χ4n) is 1.90. The normalized spacial score (nSPS) is 15.0. The summed E-state index contributed by atoms with van der Waals surface area (Å²) in [5.74, 6) is 2.27. The summed E-state index contributed by atoms with van der Waals surface area (Å²) in [6, 6.07) is 6.33. The van der Waals surface area contributed by atoms with Crippen LogP contribution in [0.3, 0.4) is 0 Å². The van der Waals surface area contributed by atoms with Crippen LogP contribution in [-0.2, 0) is 0 Å². The summed E-state index contributed by atoms with van der Waals surface area (Å²) >= 11 is 0. The molecule has 0 bridgehead atoms. The summed E-state index contributed by atoms with van der Waals surface area (Å²) in [5, 5.41) is 3.55. The average molecular weight is 279 g/mol. The molecular weight excluding hydrogens is 254 g/mol. The van der Waals surface area contributed by atoms with E-state index in [0.29, 0.717) is 6.61 Å². The van der Waals surface area contributed by atoms with Gasteiger partial charge in [-0.15, -0.1) is 0 Å². The summed E-state index contributed by atoms with van der Waals surface area (Å²) in [6.45, 7) is 6.04. The summed E-state index contributed by atoms with van der Waals surface area (Å²) in [5.41, 5.74) is 0.0961. The predicted molar refractivity (Wildman–Crippen MR) is 79.8 cm³/mol. The van der Waals surface area contributed by atoms with Crippen molar-refractivity contribution in [1.82, 2.24) is 5.32 Å². The van der Waals surface area contributed by atoms with Gasteiger partial charge in [0.1, 0.15) is 17.2 Å². The van der Waals surface area contributed by atoms with E-state index in [0.717, 1.165) is 29.8 Å². The molecule has 1 aromatic rings. The number of ether oxygens (including phenoxy) is 3. The monoisotopic (exact) mass is 279 g/mol. The Morgan fingerprint density at radius 3 is 2.10 bits per heavy atom. The molecule has 1 fully saturated rings. The molecule has 1 N–H and O–H groups in total. The molecule has 1 saturated carbocycles. The summed E-state index contributed by atoms with van der Waals surface area (Å²) in [7, 11) is 3.28. The maximum Gasteiger partial charge on any atom is 0.126 e. The van der Waals surface area contributed by atoms with Crippen LogP contribution in [0.15, 0.2) is 18.2 Å². The number of hydrogen-bond acceptors (Lipinski definition) is 4. The molecule has 0 aliphatic heterocycles. The van der Waals surface area contributed by atoms with Crippen molar-refractivity contribution in [2.75, 3.05) is 27.4 Å². The second-order valence-corrected chi connectivity index (χ2v) is 6.16. The Labute approximate surface area is 121 Å². The second-order valence-electron chi connectivity index (χ2n) is 6.16. The third-order valence-corrected chi connectivity index (χ3v) is 3.40. The predicted octanol–water partition coefficient (Wildman–Crippen LogP) is 2.86. The van der Waals surface area contributed by atoms with Gasteiger partial charge < -0.3 is 19.5 Å². The van der Waals surface area contributed by atoms with Crippen molar-refractivity contribution in [2.45, 2.75) is 32.7 Å². The van der Waals surface area contributed by atoms with E-state index >= 15 is 0 Å². The maximum atomic E-state index is 5.91. The Balaban J connectivity index is 1.91. The van der Waals surface area contributed by atoms with Crippen LogP contribution in [0.1, 0.15) is 26.7 Å².